The van der Waals surface area contributed by atoms with Crippen molar-refractivity contribution in [2.75, 3.05) is 11.4 Å². The van der Waals surface area contributed by atoms with Crippen molar-refractivity contribution in [3.63, 3.8) is 0 Å². The maximum atomic E-state index is 2.41. The summed E-state index contributed by atoms with van der Waals surface area (Å²) in [5, 5.41) is 3.50. The van der Waals surface area contributed by atoms with Gasteiger partial charge in [-0.25, -0.2) is 9.47 Å². The highest BCUT2D eigenvalue weighted by Gasteiger charge is 2.53. The zero-order valence-corrected chi connectivity index (χ0v) is 7.98. The molecule has 0 aliphatic carbocycles. The van der Waals surface area contributed by atoms with Crippen LogP contribution in [0.5, 0.6) is 0 Å². The normalized spacial score (nSPS) is 20.5. The van der Waals surface area contributed by atoms with Crippen molar-refractivity contribution in [1.82, 2.24) is 0 Å². The van der Waals surface area contributed by atoms with Crippen LogP contribution in [-0.2, 0) is 7.05 Å². The largest absolute Gasteiger partial charge is 0.336 e. The van der Waals surface area contributed by atoms with E-state index in [9.17, 15) is 0 Å². The lowest BCUT2D eigenvalue weighted by molar-refractivity contribution is -0.653. The van der Waals surface area contributed by atoms with Gasteiger partial charge in [0.1, 0.15) is 18.3 Å². The summed E-state index contributed by atoms with van der Waals surface area (Å²) in [5.74, 6) is 0. The average molecular weight is 169 g/mol. The van der Waals surface area contributed by atoms with E-state index in [-0.39, 0.29) is 0 Å². The smallest absolute Gasteiger partial charge is 0.239 e. The highest BCUT2D eigenvalue weighted by molar-refractivity contribution is 7.13. The van der Waals surface area contributed by atoms with Crippen LogP contribution in [0.2, 0.25) is 0 Å². The molecule has 1 aromatic rings. The van der Waals surface area contributed by atoms with Crippen LogP contribution in [0.15, 0.2) is 11.6 Å². The van der Waals surface area contributed by atoms with Gasteiger partial charge in [0.05, 0.1) is 7.05 Å². The standard InChI is InChI=1S/C8H13N2S/c1-8(2)6-10(8)7-9(3)4-5-11-7/h4-5H,6H2,1-3H3/q+1. The van der Waals surface area contributed by atoms with E-state index in [0.29, 0.717) is 5.54 Å². The first-order valence-corrected chi connectivity index (χ1v) is 4.70. The van der Waals surface area contributed by atoms with Gasteiger partial charge in [-0.05, 0) is 13.8 Å². The Morgan fingerprint density at radius 3 is 2.64 bits per heavy atom. The van der Waals surface area contributed by atoms with Gasteiger partial charge in [-0.1, -0.05) is 11.3 Å². The van der Waals surface area contributed by atoms with Gasteiger partial charge < -0.3 is 0 Å². The third kappa shape index (κ3) is 1.03. The Bertz CT molecular complexity index is 277. The Morgan fingerprint density at radius 1 is 1.64 bits per heavy atom. The van der Waals surface area contributed by atoms with Gasteiger partial charge in [0.25, 0.3) is 0 Å². The molecule has 0 N–H and O–H groups in total. The summed E-state index contributed by atoms with van der Waals surface area (Å²) in [6.07, 6.45) is 2.11. The Balaban J connectivity index is 2.27. The Kier molecular flexibility index (Phi) is 1.27. The summed E-state index contributed by atoms with van der Waals surface area (Å²) in [4.78, 5) is 2.41. The minimum absolute atomic E-state index is 0.405. The van der Waals surface area contributed by atoms with Gasteiger partial charge in [0.15, 0.2) is 0 Å². The molecule has 0 unspecified atom stereocenters. The second-order valence-electron chi connectivity index (χ2n) is 3.70. The summed E-state index contributed by atoms with van der Waals surface area (Å²) in [5.41, 5.74) is 0.405. The van der Waals surface area contributed by atoms with Gasteiger partial charge in [-0.2, -0.15) is 0 Å². The number of aryl methyl sites for hydroxylation is 1. The minimum Gasteiger partial charge on any atom is -0.239 e. The van der Waals surface area contributed by atoms with Crippen molar-refractivity contribution in [2.45, 2.75) is 19.4 Å². The fraction of sp³-hybridized carbons (Fsp3) is 0.625. The van der Waals surface area contributed by atoms with Gasteiger partial charge in [0, 0.05) is 5.38 Å². The van der Waals surface area contributed by atoms with Crippen LogP contribution in [0.4, 0.5) is 5.13 Å². The van der Waals surface area contributed by atoms with E-state index in [4.69, 9.17) is 0 Å². The molecule has 0 bridgehead atoms. The summed E-state index contributed by atoms with van der Waals surface area (Å²) < 4.78 is 2.18. The maximum Gasteiger partial charge on any atom is 0.336 e. The molecule has 3 heteroatoms. The molecule has 0 radical (unpaired) electrons. The van der Waals surface area contributed by atoms with Crippen molar-refractivity contribution in [3.05, 3.63) is 11.6 Å². The SMILES string of the molecule is C[n+]1ccsc1N1CC1(C)C. The third-order valence-electron chi connectivity index (χ3n) is 2.16. The number of aromatic nitrogens is 1. The van der Waals surface area contributed by atoms with Gasteiger partial charge in [0.2, 0.25) is 0 Å². The molecule has 0 saturated carbocycles. The quantitative estimate of drug-likeness (QED) is 0.452. The molecule has 1 fully saturated rings. The lowest BCUT2D eigenvalue weighted by Crippen LogP contribution is -2.29. The molecule has 1 aliphatic rings. The predicted molar refractivity (Wildman–Crippen MR) is 46.9 cm³/mol. The van der Waals surface area contributed by atoms with Crippen LogP contribution in [0.1, 0.15) is 13.8 Å². The first-order chi connectivity index (χ1) is 5.11. The molecule has 0 aromatic carbocycles. The van der Waals surface area contributed by atoms with E-state index in [1.54, 1.807) is 0 Å². The summed E-state index contributed by atoms with van der Waals surface area (Å²) in [6.45, 7) is 5.74. The summed E-state index contributed by atoms with van der Waals surface area (Å²) in [6, 6.07) is 0. The molecule has 0 atom stereocenters. The van der Waals surface area contributed by atoms with Crippen molar-refractivity contribution < 1.29 is 4.57 Å². The first kappa shape index (κ1) is 7.10. The van der Waals surface area contributed by atoms with E-state index >= 15 is 0 Å². The second kappa shape index (κ2) is 1.97. The number of hydrogen-bond acceptors (Lipinski definition) is 2. The zero-order chi connectivity index (χ0) is 8.06. The fourth-order valence-corrected chi connectivity index (χ4v) is 2.29. The molecule has 60 valence electrons. The maximum absolute atomic E-state index is 2.41. The number of nitrogens with zero attached hydrogens (tertiary/aromatic N) is 2. The molecule has 1 aliphatic heterocycles. The molecule has 11 heavy (non-hydrogen) atoms. The number of rotatable bonds is 1. The highest BCUT2D eigenvalue weighted by atomic mass is 32.1. The Morgan fingerprint density at radius 2 is 2.27 bits per heavy atom. The van der Waals surface area contributed by atoms with Crippen LogP contribution in [-0.4, -0.2) is 12.1 Å². The zero-order valence-electron chi connectivity index (χ0n) is 7.16. The van der Waals surface area contributed by atoms with Crippen molar-refractivity contribution in [3.8, 4) is 0 Å². The summed E-state index contributed by atoms with van der Waals surface area (Å²) >= 11 is 1.81. The van der Waals surface area contributed by atoms with E-state index < -0.39 is 0 Å². The number of anilines is 1. The molecule has 1 saturated heterocycles. The van der Waals surface area contributed by atoms with E-state index in [1.807, 2.05) is 11.3 Å². The van der Waals surface area contributed by atoms with Gasteiger partial charge in [-0.15, -0.1) is 0 Å². The highest BCUT2D eigenvalue weighted by Crippen LogP contribution is 2.36. The van der Waals surface area contributed by atoms with Gasteiger partial charge >= 0.3 is 5.13 Å². The van der Waals surface area contributed by atoms with Crippen LogP contribution in [0, 0.1) is 0 Å². The molecule has 2 rings (SSSR count). The van der Waals surface area contributed by atoms with Crippen molar-refractivity contribution in [2.24, 2.45) is 7.05 Å². The topological polar surface area (TPSA) is 6.89 Å². The first-order valence-electron chi connectivity index (χ1n) is 3.82. The van der Waals surface area contributed by atoms with Gasteiger partial charge in [-0.3, -0.25) is 0 Å². The number of hydrogen-bond donors (Lipinski definition) is 0. The molecular formula is C8H13N2S+. The van der Waals surface area contributed by atoms with Crippen molar-refractivity contribution >= 4 is 16.5 Å². The van der Waals surface area contributed by atoms with E-state index in [0.717, 1.165) is 0 Å². The van der Waals surface area contributed by atoms with Crippen LogP contribution >= 0.6 is 11.3 Å². The monoisotopic (exact) mass is 169 g/mol. The molecule has 0 amide bonds. The van der Waals surface area contributed by atoms with Crippen LogP contribution in [0.3, 0.4) is 0 Å². The average Bonchev–Trinajstić information content (AvgIpc) is 2.38. The Hall–Kier alpha value is -0.570. The molecule has 2 nitrogen and oxygen atoms in total. The van der Waals surface area contributed by atoms with E-state index in [1.165, 1.54) is 11.7 Å². The second-order valence-corrected chi connectivity index (χ2v) is 4.57. The van der Waals surface area contributed by atoms with Crippen LogP contribution < -0.4 is 9.47 Å². The van der Waals surface area contributed by atoms with Crippen molar-refractivity contribution in [1.29, 1.82) is 0 Å². The fourth-order valence-electron chi connectivity index (χ4n) is 1.26. The number of thiazole rings is 1. The predicted octanol–water partition coefficient (Wildman–Crippen LogP) is 1.17. The molecule has 1 aromatic heterocycles. The molecular weight excluding hydrogens is 156 g/mol. The van der Waals surface area contributed by atoms with E-state index in [2.05, 4.69) is 41.9 Å². The summed E-state index contributed by atoms with van der Waals surface area (Å²) in [7, 11) is 2.10. The van der Waals surface area contributed by atoms with Crippen LogP contribution in [0.25, 0.3) is 0 Å². The molecule has 2 heterocycles. The lowest BCUT2D eigenvalue weighted by Gasteiger charge is -1.97. The lowest BCUT2D eigenvalue weighted by atomic mass is 10.2. The Labute approximate surface area is 71.1 Å². The molecule has 0 spiro atoms. The third-order valence-corrected chi connectivity index (χ3v) is 3.14. The minimum atomic E-state index is 0.405.